The normalized spacial score (nSPS) is 11.7. The number of fused-ring (bicyclic) bond motifs is 4. The Kier molecular flexibility index (Phi) is 4.15. The first-order chi connectivity index (χ1) is 15.2. The summed E-state index contributed by atoms with van der Waals surface area (Å²) < 4.78 is 18.4. The number of hydrogen-bond donors (Lipinski definition) is 0. The summed E-state index contributed by atoms with van der Waals surface area (Å²) in [6, 6.07) is 28.1. The van der Waals surface area contributed by atoms with Gasteiger partial charge in [0.05, 0.1) is 11.0 Å². The molecule has 0 aliphatic carbocycles. The second-order valence-electron chi connectivity index (χ2n) is 7.70. The zero-order valence-electron chi connectivity index (χ0n) is 17.0. The maximum Gasteiger partial charge on any atom is 0.141 e. The van der Waals surface area contributed by atoms with Gasteiger partial charge in [-0.2, -0.15) is 0 Å². The lowest BCUT2D eigenvalue weighted by Gasteiger charge is -2.06. The maximum absolute atomic E-state index is 13.7. The number of aromatic nitrogens is 2. The third-order valence-corrected chi connectivity index (χ3v) is 6.99. The number of nitrogens with zero attached hydrogens (tertiary/aromatic N) is 2. The highest BCUT2D eigenvalue weighted by molar-refractivity contribution is 7.25. The summed E-state index contributed by atoms with van der Waals surface area (Å²) >= 11 is 1.77. The van der Waals surface area contributed by atoms with Crippen LogP contribution in [-0.2, 0) is 6.54 Å². The summed E-state index contributed by atoms with van der Waals surface area (Å²) in [5.41, 5.74) is 5.24. The molecule has 0 atom stereocenters. The van der Waals surface area contributed by atoms with Gasteiger partial charge in [0, 0.05) is 32.3 Å². The minimum Gasteiger partial charge on any atom is -0.324 e. The van der Waals surface area contributed by atoms with Crippen molar-refractivity contribution in [2.24, 2.45) is 0 Å². The third kappa shape index (κ3) is 2.94. The molecule has 0 radical (unpaired) electrons. The second-order valence-corrected chi connectivity index (χ2v) is 8.79. The minimum absolute atomic E-state index is 0.211. The van der Waals surface area contributed by atoms with Crippen LogP contribution in [0.4, 0.5) is 4.39 Å². The predicted molar refractivity (Wildman–Crippen MR) is 129 cm³/mol. The van der Waals surface area contributed by atoms with Gasteiger partial charge in [0.2, 0.25) is 0 Å². The topological polar surface area (TPSA) is 17.8 Å². The van der Waals surface area contributed by atoms with Crippen LogP contribution in [-0.4, -0.2) is 9.55 Å². The molecule has 2 aromatic heterocycles. The van der Waals surface area contributed by atoms with Gasteiger partial charge in [-0.1, -0.05) is 36.4 Å². The van der Waals surface area contributed by atoms with Gasteiger partial charge in [-0.05, 0) is 66.6 Å². The quantitative estimate of drug-likeness (QED) is 0.283. The first-order valence-corrected chi connectivity index (χ1v) is 11.2. The summed E-state index contributed by atoms with van der Waals surface area (Å²) in [6.45, 7) is 3.03. The summed E-state index contributed by atoms with van der Waals surface area (Å²) in [5, 5.41) is 2.46. The molecule has 0 saturated heterocycles. The zero-order chi connectivity index (χ0) is 20.9. The number of aryl methyl sites for hydroxylation is 1. The molecule has 0 fully saturated rings. The number of imidazole rings is 1. The van der Waals surface area contributed by atoms with E-state index in [4.69, 9.17) is 4.98 Å². The molecule has 0 spiro atoms. The molecule has 31 heavy (non-hydrogen) atoms. The summed E-state index contributed by atoms with van der Waals surface area (Å²) in [5.74, 6) is 0.790. The molecule has 4 heteroatoms. The van der Waals surface area contributed by atoms with Crippen LogP contribution in [0.25, 0.3) is 53.7 Å². The SMILES string of the molecule is CCn1c(-c2ccc3sc4cc(-c5cccc(F)c5)ccc4c3c2)nc2ccccc21. The molecular formula is C27H19FN2S. The summed E-state index contributed by atoms with van der Waals surface area (Å²) in [4.78, 5) is 4.92. The molecule has 2 nitrogen and oxygen atoms in total. The average molecular weight is 423 g/mol. The number of rotatable bonds is 3. The predicted octanol–water partition coefficient (Wildman–Crippen LogP) is 7.90. The van der Waals surface area contributed by atoms with Crippen molar-refractivity contribution in [1.82, 2.24) is 9.55 Å². The fourth-order valence-corrected chi connectivity index (χ4v) is 5.51. The molecule has 0 bridgehead atoms. The van der Waals surface area contributed by atoms with E-state index in [-0.39, 0.29) is 5.82 Å². The molecule has 0 amide bonds. The van der Waals surface area contributed by atoms with Gasteiger partial charge in [0.15, 0.2) is 0 Å². The lowest BCUT2D eigenvalue weighted by atomic mass is 10.0. The Morgan fingerprint density at radius 2 is 1.61 bits per heavy atom. The molecule has 0 aliphatic rings. The molecule has 150 valence electrons. The Labute approximate surface area is 183 Å². The van der Waals surface area contributed by atoms with Gasteiger partial charge >= 0.3 is 0 Å². The van der Waals surface area contributed by atoms with Gasteiger partial charge in [0.25, 0.3) is 0 Å². The number of hydrogen-bond acceptors (Lipinski definition) is 2. The van der Waals surface area contributed by atoms with E-state index in [1.54, 1.807) is 23.5 Å². The Morgan fingerprint density at radius 3 is 2.48 bits per heavy atom. The van der Waals surface area contributed by atoms with E-state index in [2.05, 4.69) is 66.1 Å². The molecule has 6 rings (SSSR count). The van der Waals surface area contributed by atoms with Crippen LogP contribution in [0.15, 0.2) is 84.9 Å². The third-order valence-electron chi connectivity index (χ3n) is 5.86. The highest BCUT2D eigenvalue weighted by atomic mass is 32.1. The molecule has 6 aromatic rings. The molecular weight excluding hydrogens is 403 g/mol. The van der Waals surface area contributed by atoms with Crippen molar-refractivity contribution in [2.45, 2.75) is 13.5 Å². The van der Waals surface area contributed by atoms with E-state index in [1.165, 1.54) is 26.2 Å². The van der Waals surface area contributed by atoms with Gasteiger partial charge in [-0.3, -0.25) is 0 Å². The smallest absolute Gasteiger partial charge is 0.141 e. The first-order valence-electron chi connectivity index (χ1n) is 10.4. The van der Waals surface area contributed by atoms with Crippen molar-refractivity contribution in [1.29, 1.82) is 0 Å². The van der Waals surface area contributed by atoms with Crippen LogP contribution in [0.1, 0.15) is 6.92 Å². The van der Waals surface area contributed by atoms with E-state index in [0.717, 1.165) is 40.1 Å². The fourth-order valence-electron chi connectivity index (χ4n) is 4.38. The first kappa shape index (κ1) is 18.3. The van der Waals surface area contributed by atoms with Crippen molar-refractivity contribution in [3.63, 3.8) is 0 Å². The van der Waals surface area contributed by atoms with Crippen LogP contribution >= 0.6 is 11.3 Å². The maximum atomic E-state index is 13.7. The average Bonchev–Trinajstić information content (AvgIpc) is 3.36. The standard InChI is InChI=1S/C27H19FN2S/c1-2-30-24-9-4-3-8-23(24)29-27(30)19-11-13-25-22(15-19)21-12-10-18(16-26(21)31-25)17-6-5-7-20(28)14-17/h3-16H,2H2,1H3. The highest BCUT2D eigenvalue weighted by Crippen LogP contribution is 2.38. The van der Waals surface area contributed by atoms with Gasteiger partial charge < -0.3 is 4.57 Å². The summed E-state index contributed by atoms with van der Waals surface area (Å²) in [6.07, 6.45) is 0. The second kappa shape index (κ2) is 7.03. The Hall–Kier alpha value is -3.50. The zero-order valence-corrected chi connectivity index (χ0v) is 17.8. The molecule has 0 unspecified atom stereocenters. The largest absolute Gasteiger partial charge is 0.324 e. The van der Waals surface area contributed by atoms with E-state index >= 15 is 0 Å². The van der Waals surface area contributed by atoms with Crippen molar-refractivity contribution in [3.8, 4) is 22.5 Å². The summed E-state index contributed by atoms with van der Waals surface area (Å²) in [7, 11) is 0. The lowest BCUT2D eigenvalue weighted by Crippen LogP contribution is -1.97. The van der Waals surface area contributed by atoms with Crippen molar-refractivity contribution < 1.29 is 4.39 Å². The lowest BCUT2D eigenvalue weighted by molar-refractivity contribution is 0.628. The Bertz CT molecular complexity index is 1590. The molecule has 4 aromatic carbocycles. The highest BCUT2D eigenvalue weighted by Gasteiger charge is 2.14. The molecule has 0 N–H and O–H groups in total. The number of para-hydroxylation sites is 2. The monoisotopic (exact) mass is 422 g/mol. The number of thiophene rings is 1. The van der Waals surface area contributed by atoms with Crippen molar-refractivity contribution in [3.05, 3.63) is 90.7 Å². The van der Waals surface area contributed by atoms with Gasteiger partial charge in [0.1, 0.15) is 11.6 Å². The van der Waals surface area contributed by atoms with Crippen LogP contribution in [0.5, 0.6) is 0 Å². The van der Waals surface area contributed by atoms with Crippen molar-refractivity contribution >= 4 is 42.5 Å². The van der Waals surface area contributed by atoms with Crippen LogP contribution in [0.3, 0.4) is 0 Å². The van der Waals surface area contributed by atoms with Crippen LogP contribution < -0.4 is 0 Å². The van der Waals surface area contributed by atoms with Gasteiger partial charge in [-0.25, -0.2) is 9.37 Å². The van der Waals surface area contributed by atoms with Crippen molar-refractivity contribution in [2.75, 3.05) is 0 Å². The Balaban J connectivity index is 1.52. The van der Waals surface area contributed by atoms with E-state index < -0.39 is 0 Å². The fraction of sp³-hybridized carbons (Fsp3) is 0.0741. The molecule has 0 aliphatic heterocycles. The van der Waals surface area contributed by atoms with E-state index in [0.29, 0.717) is 0 Å². The van der Waals surface area contributed by atoms with E-state index in [9.17, 15) is 4.39 Å². The minimum atomic E-state index is -0.211. The molecule has 0 saturated carbocycles. The van der Waals surface area contributed by atoms with Crippen LogP contribution in [0, 0.1) is 5.82 Å². The number of benzene rings is 4. The Morgan fingerprint density at radius 1 is 0.774 bits per heavy atom. The van der Waals surface area contributed by atoms with Crippen LogP contribution in [0.2, 0.25) is 0 Å². The van der Waals surface area contributed by atoms with Gasteiger partial charge in [-0.15, -0.1) is 11.3 Å². The molecule has 2 heterocycles. The number of halogens is 1. The van der Waals surface area contributed by atoms with E-state index in [1.807, 2.05) is 12.1 Å².